The number of carbonyl (C=O) groups is 1. The van der Waals surface area contributed by atoms with Crippen LogP contribution in [0.5, 0.6) is 0 Å². The number of hydrogen-bond acceptors (Lipinski definition) is 2. The highest BCUT2D eigenvalue weighted by Gasteiger charge is 2.31. The lowest BCUT2D eigenvalue weighted by molar-refractivity contribution is -0.122. The van der Waals surface area contributed by atoms with E-state index in [1.54, 1.807) is 0 Å². The summed E-state index contributed by atoms with van der Waals surface area (Å²) >= 11 is 0. The first-order valence-electron chi connectivity index (χ1n) is 6.05. The van der Waals surface area contributed by atoms with E-state index >= 15 is 0 Å². The molecule has 0 aromatic rings. The van der Waals surface area contributed by atoms with Crippen LogP contribution in [0.25, 0.3) is 0 Å². The first-order chi connectivity index (χ1) is 6.77. The average Bonchev–Trinajstić information content (AvgIpc) is 2.23. The van der Waals surface area contributed by atoms with Gasteiger partial charge in [0.15, 0.2) is 0 Å². The van der Waals surface area contributed by atoms with Crippen LogP contribution in [0.15, 0.2) is 0 Å². The van der Waals surface area contributed by atoms with Gasteiger partial charge >= 0.3 is 0 Å². The SMILES string of the molecule is N[C@H]1C[C@@H](C2CCCCC2)CCC1=O. The molecule has 0 radical (unpaired) electrons. The minimum absolute atomic E-state index is 0.143. The summed E-state index contributed by atoms with van der Waals surface area (Å²) in [5.74, 6) is 1.92. The Bertz CT molecular complexity index is 208. The molecule has 2 fully saturated rings. The molecular weight excluding hydrogens is 174 g/mol. The van der Waals surface area contributed by atoms with E-state index < -0.39 is 0 Å². The number of nitrogens with two attached hydrogens (primary N) is 1. The van der Waals surface area contributed by atoms with Crippen LogP contribution in [0.3, 0.4) is 0 Å². The minimum atomic E-state index is -0.143. The molecule has 0 aromatic carbocycles. The monoisotopic (exact) mass is 195 g/mol. The summed E-state index contributed by atoms with van der Waals surface area (Å²) in [6.45, 7) is 0. The molecule has 2 saturated carbocycles. The second-order valence-corrected chi connectivity index (χ2v) is 5.01. The maximum absolute atomic E-state index is 11.3. The topological polar surface area (TPSA) is 43.1 Å². The van der Waals surface area contributed by atoms with Gasteiger partial charge in [-0.3, -0.25) is 4.79 Å². The van der Waals surface area contributed by atoms with E-state index in [1.165, 1.54) is 32.1 Å². The highest BCUT2D eigenvalue weighted by Crippen LogP contribution is 2.36. The smallest absolute Gasteiger partial charge is 0.149 e. The normalized spacial score (nSPS) is 35.9. The molecule has 0 aromatic heterocycles. The van der Waals surface area contributed by atoms with Gasteiger partial charge in [0, 0.05) is 6.42 Å². The zero-order chi connectivity index (χ0) is 9.97. The van der Waals surface area contributed by atoms with Crippen LogP contribution in [-0.2, 0) is 4.79 Å². The van der Waals surface area contributed by atoms with Crippen LogP contribution in [0.2, 0.25) is 0 Å². The molecule has 2 N–H and O–H groups in total. The molecule has 0 saturated heterocycles. The quantitative estimate of drug-likeness (QED) is 0.697. The van der Waals surface area contributed by atoms with E-state index in [0.717, 1.165) is 31.1 Å². The van der Waals surface area contributed by atoms with Crippen molar-refractivity contribution in [2.24, 2.45) is 17.6 Å². The molecule has 0 aliphatic heterocycles. The van der Waals surface area contributed by atoms with Gasteiger partial charge in [-0.15, -0.1) is 0 Å². The molecule has 0 amide bonds. The summed E-state index contributed by atoms with van der Waals surface area (Å²) in [7, 11) is 0. The van der Waals surface area contributed by atoms with Crippen molar-refractivity contribution >= 4 is 5.78 Å². The van der Waals surface area contributed by atoms with Crippen LogP contribution in [-0.4, -0.2) is 11.8 Å². The molecule has 0 spiro atoms. The van der Waals surface area contributed by atoms with Crippen molar-refractivity contribution in [2.45, 2.75) is 57.4 Å². The molecule has 0 bridgehead atoms. The molecule has 14 heavy (non-hydrogen) atoms. The highest BCUT2D eigenvalue weighted by molar-refractivity contribution is 5.84. The number of ketones is 1. The van der Waals surface area contributed by atoms with E-state index in [0.29, 0.717) is 0 Å². The molecule has 0 heterocycles. The number of rotatable bonds is 1. The fourth-order valence-corrected chi connectivity index (χ4v) is 3.12. The van der Waals surface area contributed by atoms with Crippen LogP contribution in [0.4, 0.5) is 0 Å². The Balaban J connectivity index is 1.88. The van der Waals surface area contributed by atoms with Gasteiger partial charge in [-0.1, -0.05) is 32.1 Å². The molecule has 80 valence electrons. The molecule has 2 heteroatoms. The van der Waals surface area contributed by atoms with Crippen LogP contribution >= 0.6 is 0 Å². The molecule has 2 rings (SSSR count). The second-order valence-electron chi connectivity index (χ2n) is 5.01. The van der Waals surface area contributed by atoms with Gasteiger partial charge in [0.25, 0.3) is 0 Å². The zero-order valence-corrected chi connectivity index (χ0v) is 8.87. The molecule has 0 unspecified atom stereocenters. The Morgan fingerprint density at radius 1 is 1.00 bits per heavy atom. The summed E-state index contributed by atoms with van der Waals surface area (Å²) < 4.78 is 0. The van der Waals surface area contributed by atoms with Crippen molar-refractivity contribution < 1.29 is 4.79 Å². The summed E-state index contributed by atoms with van der Waals surface area (Å²) in [4.78, 5) is 11.3. The lowest BCUT2D eigenvalue weighted by Gasteiger charge is -2.34. The zero-order valence-electron chi connectivity index (χ0n) is 8.87. The first kappa shape index (κ1) is 10.2. The van der Waals surface area contributed by atoms with Gasteiger partial charge in [0.2, 0.25) is 0 Å². The lowest BCUT2D eigenvalue weighted by Crippen LogP contribution is -2.39. The fourth-order valence-electron chi connectivity index (χ4n) is 3.12. The molecule has 2 aliphatic carbocycles. The number of hydrogen-bond donors (Lipinski definition) is 1. The van der Waals surface area contributed by atoms with Crippen LogP contribution in [0, 0.1) is 11.8 Å². The predicted molar refractivity (Wildman–Crippen MR) is 56.9 cm³/mol. The molecule has 2 atom stereocenters. The summed E-state index contributed by atoms with van der Waals surface area (Å²) in [5.41, 5.74) is 5.83. The lowest BCUT2D eigenvalue weighted by atomic mass is 9.72. The van der Waals surface area contributed by atoms with Crippen molar-refractivity contribution in [1.82, 2.24) is 0 Å². The van der Waals surface area contributed by atoms with Crippen molar-refractivity contribution in [3.8, 4) is 0 Å². The summed E-state index contributed by atoms with van der Waals surface area (Å²) in [6.07, 6.45) is 9.77. The van der Waals surface area contributed by atoms with E-state index in [2.05, 4.69) is 0 Å². The van der Waals surface area contributed by atoms with Gasteiger partial charge in [0.05, 0.1) is 6.04 Å². The van der Waals surface area contributed by atoms with Gasteiger partial charge in [-0.2, -0.15) is 0 Å². The number of Topliss-reactive ketones (excluding diaryl/α,β-unsaturated/α-hetero) is 1. The third-order valence-corrected chi connectivity index (χ3v) is 4.05. The maximum Gasteiger partial charge on any atom is 0.149 e. The standard InChI is InChI=1S/C12H21NO/c13-11-8-10(6-7-12(11)14)9-4-2-1-3-5-9/h9-11H,1-8,13H2/t10-,11-/m0/s1. The summed E-state index contributed by atoms with van der Waals surface area (Å²) in [5, 5.41) is 0. The summed E-state index contributed by atoms with van der Waals surface area (Å²) in [6, 6.07) is -0.143. The van der Waals surface area contributed by atoms with Gasteiger partial charge in [-0.25, -0.2) is 0 Å². The number of carbonyl (C=O) groups excluding carboxylic acids is 1. The Hall–Kier alpha value is -0.370. The minimum Gasteiger partial charge on any atom is -0.322 e. The van der Waals surface area contributed by atoms with Crippen molar-refractivity contribution in [3.63, 3.8) is 0 Å². The van der Waals surface area contributed by atoms with Gasteiger partial charge < -0.3 is 5.73 Å². The largest absolute Gasteiger partial charge is 0.322 e. The Morgan fingerprint density at radius 3 is 2.36 bits per heavy atom. The van der Waals surface area contributed by atoms with Crippen molar-refractivity contribution in [2.75, 3.05) is 0 Å². The first-order valence-corrected chi connectivity index (χ1v) is 6.05. The Morgan fingerprint density at radius 2 is 1.71 bits per heavy atom. The van der Waals surface area contributed by atoms with Crippen LogP contribution < -0.4 is 5.73 Å². The van der Waals surface area contributed by atoms with Crippen molar-refractivity contribution in [3.05, 3.63) is 0 Å². The average molecular weight is 195 g/mol. The maximum atomic E-state index is 11.3. The second kappa shape index (κ2) is 4.43. The third-order valence-electron chi connectivity index (χ3n) is 4.05. The molecule has 2 nitrogen and oxygen atoms in total. The predicted octanol–water partition coefficient (Wildman–Crippen LogP) is 2.26. The van der Waals surface area contributed by atoms with Gasteiger partial charge in [0.1, 0.15) is 5.78 Å². The van der Waals surface area contributed by atoms with E-state index in [9.17, 15) is 4.79 Å². The highest BCUT2D eigenvalue weighted by atomic mass is 16.1. The Kier molecular flexibility index (Phi) is 3.22. The Labute approximate surface area is 86.2 Å². The van der Waals surface area contributed by atoms with E-state index in [4.69, 9.17) is 5.73 Å². The van der Waals surface area contributed by atoms with Gasteiger partial charge in [-0.05, 0) is 24.7 Å². The molecular formula is C12H21NO. The third kappa shape index (κ3) is 2.17. The van der Waals surface area contributed by atoms with Crippen molar-refractivity contribution in [1.29, 1.82) is 0 Å². The van der Waals surface area contributed by atoms with E-state index in [1.807, 2.05) is 0 Å². The van der Waals surface area contributed by atoms with E-state index in [-0.39, 0.29) is 11.8 Å². The van der Waals surface area contributed by atoms with Crippen LogP contribution in [0.1, 0.15) is 51.4 Å². The fraction of sp³-hybridized carbons (Fsp3) is 0.917. The molecule has 2 aliphatic rings.